The minimum absolute atomic E-state index is 0. The van der Waals surface area contributed by atoms with E-state index in [2.05, 4.69) is 0 Å². The minimum Gasteiger partial charge on any atom is -0.396 e. The van der Waals surface area contributed by atoms with E-state index < -0.39 is 148 Å². The molecule has 246 valence electrons. The quantitative estimate of drug-likeness (QED) is 0.118. The molecule has 0 spiro atoms. The number of aliphatic hydroxyl groups is 1. The molecule has 1 N–H and O–H groups in total. The third-order valence-electron chi connectivity index (χ3n) is 6.67. The molecule has 3 aromatic carbocycles. The summed E-state index contributed by atoms with van der Waals surface area (Å²) in [6.07, 6.45) is -1.39. The van der Waals surface area contributed by atoms with Gasteiger partial charge in [0.05, 0.1) is 36.5 Å². The molecule has 0 saturated heterocycles. The summed E-state index contributed by atoms with van der Waals surface area (Å²) in [5.74, 6) is -26.0. The molecule has 0 aliphatic rings. The topological polar surface area (TPSA) is 47.9 Å². The maximum absolute atomic E-state index is 14.5. The molecule has 3 aromatic rings. The van der Waals surface area contributed by atoms with Crippen LogP contribution < -0.4 is 0 Å². The normalized spacial score (nSPS) is 11.7. The van der Waals surface area contributed by atoms with E-state index in [1.807, 2.05) is 0 Å². The Morgan fingerprint density at radius 2 is 0.667 bits per heavy atom. The van der Waals surface area contributed by atoms with Crippen molar-refractivity contribution in [2.45, 2.75) is 59.4 Å². The van der Waals surface area contributed by atoms with Crippen LogP contribution in [0.1, 0.15) is 46.2 Å². The van der Waals surface area contributed by atoms with Crippen molar-refractivity contribution in [1.82, 2.24) is 0 Å². The van der Waals surface area contributed by atoms with E-state index >= 15 is 0 Å². The molecular weight excluding hydrogens is 720 g/mol. The van der Waals surface area contributed by atoms with Gasteiger partial charge in [-0.1, -0.05) is 0 Å². The van der Waals surface area contributed by atoms with Gasteiger partial charge in [0, 0.05) is 55.9 Å². The molecule has 0 amide bonds. The number of hydrogen-bond donors (Lipinski definition) is 1. The molecule has 0 saturated carbocycles. The van der Waals surface area contributed by atoms with Gasteiger partial charge < -0.3 is 19.3 Å². The first kappa shape index (κ1) is 38.7. The number of hydrogen-bond acceptors (Lipinski definition) is 4. The van der Waals surface area contributed by atoms with Gasteiger partial charge in [-0.05, 0) is 27.2 Å². The first-order chi connectivity index (χ1) is 20.5. The summed E-state index contributed by atoms with van der Waals surface area (Å²) in [6, 6.07) is 0. The molecule has 0 aliphatic carbocycles. The summed E-state index contributed by atoms with van der Waals surface area (Å²) in [5, 5.41) is 9.34. The average molecular weight is 742 g/mol. The molecule has 0 fully saturated rings. The summed E-state index contributed by atoms with van der Waals surface area (Å²) >= 11 is 0. The van der Waals surface area contributed by atoms with Crippen LogP contribution in [0.2, 0.25) is 0 Å². The van der Waals surface area contributed by atoms with Gasteiger partial charge >= 0.3 is 0 Å². The van der Waals surface area contributed by atoms with Crippen LogP contribution in [0.3, 0.4) is 0 Å². The van der Waals surface area contributed by atoms with Crippen molar-refractivity contribution < 1.29 is 98.2 Å². The zero-order valence-electron chi connectivity index (χ0n) is 23.5. The van der Waals surface area contributed by atoms with Crippen molar-refractivity contribution >= 4 is 0 Å². The molecule has 0 bridgehead atoms. The van der Waals surface area contributed by atoms with E-state index in [0.717, 1.165) is 0 Å². The fourth-order valence-electron chi connectivity index (χ4n) is 3.92. The van der Waals surface area contributed by atoms with Gasteiger partial charge in [0.2, 0.25) is 0 Å². The third-order valence-corrected chi connectivity index (χ3v) is 6.67. The maximum Gasteiger partial charge on any atom is 0.283 e. The molecule has 0 unspecified atom stereocenters. The number of ether oxygens (including phenoxy) is 3. The van der Waals surface area contributed by atoms with Gasteiger partial charge in [0.15, 0.2) is 69.8 Å². The van der Waals surface area contributed by atoms with E-state index in [1.165, 1.54) is 0 Å². The molecular formula is C28H22F12O4Zr. The smallest absolute Gasteiger partial charge is 0.283 e. The average Bonchev–Trinajstić information content (AvgIpc) is 3.01. The minimum atomic E-state index is -3.08. The SMILES string of the molecule is Cc1c(F)c(F)c(COC(CCCO)(OCc2c(F)c(F)c(C)c(F)c2F)OCc2c(F)c(F)c(C)c(F)c2F)c(F)c1F.[Zr]. The second kappa shape index (κ2) is 15.4. The summed E-state index contributed by atoms with van der Waals surface area (Å²) in [7, 11) is 0. The zero-order chi connectivity index (χ0) is 33.3. The Labute approximate surface area is 267 Å². The molecule has 0 heterocycles. The molecule has 0 atom stereocenters. The molecule has 3 rings (SSSR count). The van der Waals surface area contributed by atoms with Gasteiger partial charge in [-0.25, -0.2) is 52.7 Å². The van der Waals surface area contributed by atoms with Crippen LogP contribution in [0.15, 0.2) is 0 Å². The maximum atomic E-state index is 14.5. The first-order valence-corrected chi connectivity index (χ1v) is 12.5. The number of halogens is 12. The fraction of sp³-hybridized carbons (Fsp3) is 0.357. The van der Waals surface area contributed by atoms with Crippen LogP contribution in [0.4, 0.5) is 52.7 Å². The molecule has 0 radical (unpaired) electrons. The molecule has 4 nitrogen and oxygen atoms in total. The van der Waals surface area contributed by atoms with Crippen LogP contribution in [0.5, 0.6) is 0 Å². The van der Waals surface area contributed by atoms with Crippen LogP contribution in [-0.4, -0.2) is 17.7 Å². The summed E-state index contributed by atoms with van der Waals surface area (Å²) in [4.78, 5) is 0. The number of benzene rings is 3. The Balaban J connectivity index is 0.00000705. The van der Waals surface area contributed by atoms with Gasteiger partial charge in [-0.15, -0.1) is 0 Å². The van der Waals surface area contributed by atoms with Crippen molar-refractivity contribution in [2.75, 3.05) is 6.61 Å². The Kier molecular flexibility index (Phi) is 13.3. The summed E-state index contributed by atoms with van der Waals surface area (Å²) < 4.78 is 188. The van der Waals surface area contributed by atoms with E-state index in [9.17, 15) is 57.8 Å². The zero-order valence-corrected chi connectivity index (χ0v) is 25.9. The van der Waals surface area contributed by atoms with Crippen molar-refractivity contribution in [3.63, 3.8) is 0 Å². The predicted octanol–water partition coefficient (Wildman–Crippen LogP) is 7.66. The van der Waals surface area contributed by atoms with Crippen molar-refractivity contribution in [1.29, 1.82) is 0 Å². The van der Waals surface area contributed by atoms with E-state index in [1.54, 1.807) is 0 Å². The Morgan fingerprint density at radius 3 is 0.867 bits per heavy atom. The van der Waals surface area contributed by atoms with Crippen molar-refractivity contribution in [3.05, 3.63) is 103 Å². The van der Waals surface area contributed by atoms with Crippen molar-refractivity contribution in [3.8, 4) is 0 Å². The second-order valence-corrected chi connectivity index (χ2v) is 9.45. The van der Waals surface area contributed by atoms with Crippen LogP contribution in [-0.2, 0) is 60.2 Å². The number of rotatable bonds is 12. The third kappa shape index (κ3) is 7.58. The van der Waals surface area contributed by atoms with Gasteiger partial charge in [-0.2, -0.15) is 0 Å². The molecule has 0 aliphatic heterocycles. The predicted molar refractivity (Wildman–Crippen MR) is 126 cm³/mol. The van der Waals surface area contributed by atoms with Crippen LogP contribution in [0.25, 0.3) is 0 Å². The first-order valence-electron chi connectivity index (χ1n) is 12.5. The van der Waals surface area contributed by atoms with Gasteiger partial charge in [0.25, 0.3) is 5.97 Å². The fourth-order valence-corrected chi connectivity index (χ4v) is 3.92. The largest absolute Gasteiger partial charge is 0.396 e. The summed E-state index contributed by atoms with van der Waals surface area (Å²) in [6.45, 7) is -3.30. The second-order valence-electron chi connectivity index (χ2n) is 9.45. The van der Waals surface area contributed by atoms with Gasteiger partial charge in [-0.3, -0.25) is 0 Å². The monoisotopic (exact) mass is 740 g/mol. The Hall–Kier alpha value is -2.46. The van der Waals surface area contributed by atoms with Crippen LogP contribution in [0, 0.1) is 90.6 Å². The van der Waals surface area contributed by atoms with Gasteiger partial charge in [0.1, 0.15) is 0 Å². The van der Waals surface area contributed by atoms with E-state index in [0.29, 0.717) is 20.8 Å². The standard InChI is InChI=1S/C28H22F12O4.Zr/c1-10-16(29)22(35)13(23(36)17(10)30)7-42-28(5-4-6-41,43-8-14-24(37)18(31)11(2)19(32)25(14)38)44-9-15-26(39)20(33)12(3)21(34)27(15)40;/h41H,4-9H2,1-3H3;. The van der Waals surface area contributed by atoms with E-state index in [4.69, 9.17) is 14.2 Å². The van der Waals surface area contributed by atoms with Crippen molar-refractivity contribution in [2.24, 2.45) is 0 Å². The number of aliphatic hydroxyl groups excluding tert-OH is 1. The molecule has 0 aromatic heterocycles. The van der Waals surface area contributed by atoms with E-state index in [-0.39, 0.29) is 26.2 Å². The molecule has 17 heteroatoms. The Morgan fingerprint density at radius 1 is 0.444 bits per heavy atom. The molecule has 45 heavy (non-hydrogen) atoms. The van der Waals surface area contributed by atoms with Crippen LogP contribution >= 0.6 is 0 Å². The summed E-state index contributed by atoms with van der Waals surface area (Å²) in [5.41, 5.74) is -7.52. The Bertz CT molecular complexity index is 1320.